The third-order valence-corrected chi connectivity index (χ3v) is 4.63. The van der Waals surface area contributed by atoms with Gasteiger partial charge in [-0.3, -0.25) is 0 Å². The fourth-order valence-corrected chi connectivity index (χ4v) is 3.26. The van der Waals surface area contributed by atoms with Gasteiger partial charge in [0.25, 0.3) is 0 Å². The molecule has 0 bridgehead atoms. The highest BCUT2D eigenvalue weighted by molar-refractivity contribution is 5.29. The van der Waals surface area contributed by atoms with Crippen LogP contribution >= 0.6 is 0 Å². The van der Waals surface area contributed by atoms with Crippen molar-refractivity contribution in [3.8, 4) is 0 Å². The van der Waals surface area contributed by atoms with Crippen molar-refractivity contribution in [3.63, 3.8) is 0 Å². The first-order valence-corrected chi connectivity index (χ1v) is 7.78. The fraction of sp³-hybridized carbons (Fsp3) is 0.444. The van der Waals surface area contributed by atoms with Crippen molar-refractivity contribution < 1.29 is 4.42 Å². The van der Waals surface area contributed by atoms with Crippen molar-refractivity contribution in [2.45, 2.75) is 50.6 Å². The molecule has 1 unspecified atom stereocenters. The lowest BCUT2D eigenvalue weighted by Gasteiger charge is -2.23. The Morgan fingerprint density at radius 3 is 2.70 bits per heavy atom. The van der Waals surface area contributed by atoms with Crippen LogP contribution in [0.3, 0.4) is 0 Å². The normalized spacial score (nSPS) is 21.7. The summed E-state index contributed by atoms with van der Waals surface area (Å²) < 4.78 is 5.55. The van der Waals surface area contributed by atoms with Gasteiger partial charge in [0, 0.05) is 24.6 Å². The van der Waals surface area contributed by atoms with Crippen LogP contribution in [0.4, 0.5) is 0 Å². The first-order valence-electron chi connectivity index (χ1n) is 7.78. The largest absolute Gasteiger partial charge is 0.469 e. The van der Waals surface area contributed by atoms with Crippen LogP contribution in [0.5, 0.6) is 0 Å². The monoisotopic (exact) mass is 267 g/mol. The molecule has 1 atom stereocenters. The van der Waals surface area contributed by atoms with Crippen LogP contribution in [-0.2, 0) is 13.0 Å². The minimum atomic E-state index is 0.459. The van der Waals surface area contributed by atoms with Gasteiger partial charge < -0.3 is 9.73 Å². The Balaban J connectivity index is 1.41. The molecule has 0 spiro atoms. The molecule has 2 heteroatoms. The number of aryl methyl sites for hydroxylation is 1. The van der Waals surface area contributed by atoms with Gasteiger partial charge >= 0.3 is 0 Å². The minimum absolute atomic E-state index is 0.459. The molecule has 2 aliphatic rings. The summed E-state index contributed by atoms with van der Waals surface area (Å²) in [6, 6.07) is 11.8. The fourth-order valence-electron chi connectivity index (χ4n) is 3.26. The molecule has 2 nitrogen and oxygen atoms in total. The molecule has 1 N–H and O–H groups in total. The molecule has 1 heterocycles. The number of rotatable bonds is 4. The van der Waals surface area contributed by atoms with Gasteiger partial charge in [-0.1, -0.05) is 24.3 Å². The van der Waals surface area contributed by atoms with E-state index >= 15 is 0 Å². The van der Waals surface area contributed by atoms with Gasteiger partial charge in [-0.05, 0) is 48.8 Å². The maximum atomic E-state index is 5.55. The van der Waals surface area contributed by atoms with E-state index in [1.807, 2.05) is 6.26 Å². The van der Waals surface area contributed by atoms with Crippen molar-refractivity contribution in [2.24, 2.45) is 0 Å². The number of hydrogen-bond acceptors (Lipinski definition) is 2. The lowest BCUT2D eigenvalue weighted by atomic mass is 9.93. The Bertz CT molecular complexity index is 580. The summed E-state index contributed by atoms with van der Waals surface area (Å²) in [5, 5.41) is 3.68. The Labute approximate surface area is 120 Å². The van der Waals surface area contributed by atoms with E-state index in [0.29, 0.717) is 6.04 Å². The van der Waals surface area contributed by atoms with Crippen LogP contribution in [0.25, 0.3) is 0 Å². The maximum absolute atomic E-state index is 5.55. The van der Waals surface area contributed by atoms with Gasteiger partial charge in [-0.25, -0.2) is 0 Å². The number of furan rings is 1. The van der Waals surface area contributed by atoms with E-state index in [1.54, 1.807) is 0 Å². The third kappa shape index (κ3) is 2.40. The van der Waals surface area contributed by atoms with Crippen LogP contribution in [0, 0.1) is 0 Å². The van der Waals surface area contributed by atoms with Crippen LogP contribution in [0.2, 0.25) is 0 Å². The predicted octanol–water partition coefficient (Wildman–Crippen LogP) is 4.32. The topological polar surface area (TPSA) is 25.2 Å². The molecule has 2 aromatic rings. The summed E-state index contributed by atoms with van der Waals surface area (Å²) in [5.41, 5.74) is 4.26. The number of hydrogen-bond donors (Lipinski definition) is 1. The van der Waals surface area contributed by atoms with E-state index in [4.69, 9.17) is 4.42 Å². The lowest BCUT2D eigenvalue weighted by Crippen LogP contribution is -2.23. The molecule has 1 aromatic heterocycles. The smallest absolute Gasteiger partial charge is 0.108 e. The second-order valence-electron chi connectivity index (χ2n) is 6.14. The average Bonchev–Trinajstić information content (AvgIpc) is 3.23. The summed E-state index contributed by atoms with van der Waals surface area (Å²) in [6.45, 7) is 0.945. The van der Waals surface area contributed by atoms with Crippen LogP contribution in [0.15, 0.2) is 41.0 Å². The van der Waals surface area contributed by atoms with E-state index < -0.39 is 0 Å². The summed E-state index contributed by atoms with van der Waals surface area (Å²) in [7, 11) is 0. The summed E-state index contributed by atoms with van der Waals surface area (Å²) in [6.07, 6.45) is 8.11. The predicted molar refractivity (Wildman–Crippen MR) is 79.6 cm³/mol. The molecule has 0 saturated heterocycles. The van der Waals surface area contributed by atoms with Crippen molar-refractivity contribution in [1.29, 1.82) is 0 Å². The van der Waals surface area contributed by atoms with Gasteiger partial charge in [0.1, 0.15) is 5.76 Å². The zero-order valence-electron chi connectivity index (χ0n) is 11.8. The Morgan fingerprint density at radius 1 is 1.05 bits per heavy atom. The van der Waals surface area contributed by atoms with Crippen LogP contribution in [0.1, 0.15) is 60.1 Å². The van der Waals surface area contributed by atoms with Gasteiger partial charge in [0.15, 0.2) is 0 Å². The quantitative estimate of drug-likeness (QED) is 0.892. The molecule has 0 amide bonds. The Kier molecular flexibility index (Phi) is 3.12. The third-order valence-electron chi connectivity index (χ3n) is 4.63. The van der Waals surface area contributed by atoms with E-state index in [-0.39, 0.29) is 0 Å². The van der Waals surface area contributed by atoms with Gasteiger partial charge in [-0.15, -0.1) is 0 Å². The maximum Gasteiger partial charge on any atom is 0.108 e. The van der Waals surface area contributed by atoms with Crippen LogP contribution in [-0.4, -0.2) is 0 Å². The second-order valence-corrected chi connectivity index (χ2v) is 6.14. The van der Waals surface area contributed by atoms with E-state index in [9.17, 15) is 0 Å². The number of fused-ring (bicyclic) bond motifs is 1. The molecular formula is C18H21NO. The average molecular weight is 267 g/mol. The highest BCUT2D eigenvalue weighted by Crippen LogP contribution is 2.40. The summed E-state index contributed by atoms with van der Waals surface area (Å²) in [5.74, 6) is 2.03. The minimum Gasteiger partial charge on any atom is -0.469 e. The Hall–Kier alpha value is -1.54. The first kappa shape index (κ1) is 12.2. The van der Waals surface area contributed by atoms with Crippen molar-refractivity contribution in [3.05, 3.63) is 59.0 Å². The molecule has 20 heavy (non-hydrogen) atoms. The van der Waals surface area contributed by atoms with E-state index in [0.717, 1.165) is 18.9 Å². The van der Waals surface area contributed by atoms with Gasteiger partial charge in [0.05, 0.1) is 6.26 Å². The molecule has 2 aliphatic carbocycles. The first-order chi connectivity index (χ1) is 9.90. The highest BCUT2D eigenvalue weighted by atomic mass is 16.3. The van der Waals surface area contributed by atoms with E-state index in [2.05, 4.69) is 35.6 Å². The van der Waals surface area contributed by atoms with Crippen molar-refractivity contribution >= 4 is 0 Å². The summed E-state index contributed by atoms with van der Waals surface area (Å²) in [4.78, 5) is 0. The molecule has 1 saturated carbocycles. The molecule has 1 fully saturated rings. The zero-order valence-corrected chi connectivity index (χ0v) is 11.8. The zero-order chi connectivity index (χ0) is 13.4. The second kappa shape index (κ2) is 5.10. The standard InChI is InChI=1S/C18H21NO/c1-2-17(16-10-11-20-18(16)3-1)19-12-13-4-6-14(7-5-13)15-8-9-15/h4-7,10-11,15,17,19H,1-3,8-9,12H2. The van der Waals surface area contributed by atoms with Crippen molar-refractivity contribution in [1.82, 2.24) is 5.32 Å². The molecule has 0 radical (unpaired) electrons. The van der Waals surface area contributed by atoms with Crippen LogP contribution < -0.4 is 5.32 Å². The van der Waals surface area contributed by atoms with Gasteiger partial charge in [-0.2, -0.15) is 0 Å². The lowest BCUT2D eigenvalue weighted by molar-refractivity contribution is 0.411. The SMILES string of the molecule is c1cc2c(o1)CCCC2NCc1ccc(C2CC2)cc1. The molecule has 104 valence electrons. The van der Waals surface area contributed by atoms with E-state index in [1.165, 1.54) is 48.1 Å². The molecular weight excluding hydrogens is 246 g/mol. The number of benzene rings is 1. The molecule has 4 rings (SSSR count). The number of nitrogens with one attached hydrogen (secondary N) is 1. The van der Waals surface area contributed by atoms with Gasteiger partial charge in [0.2, 0.25) is 0 Å². The molecule has 0 aliphatic heterocycles. The summed E-state index contributed by atoms with van der Waals surface area (Å²) >= 11 is 0. The van der Waals surface area contributed by atoms with Crippen molar-refractivity contribution in [2.75, 3.05) is 0 Å². The highest BCUT2D eigenvalue weighted by Gasteiger charge is 2.23. The Morgan fingerprint density at radius 2 is 1.90 bits per heavy atom. The molecule has 1 aromatic carbocycles.